The second-order valence-corrected chi connectivity index (χ2v) is 6.44. The molecule has 2 heteroatoms. The largest absolute Gasteiger partial charge is 0.378 e. The lowest BCUT2D eigenvalue weighted by Gasteiger charge is -2.23. The topological polar surface area (TPSA) is 9.23 Å². The van der Waals surface area contributed by atoms with Crippen molar-refractivity contribution in [2.75, 3.05) is 6.61 Å². The van der Waals surface area contributed by atoms with Crippen molar-refractivity contribution >= 4 is 11.6 Å². The lowest BCUT2D eigenvalue weighted by molar-refractivity contribution is 0.0100. The average Bonchev–Trinajstić information content (AvgIpc) is 2.93. The summed E-state index contributed by atoms with van der Waals surface area (Å²) in [6, 6.07) is 6.84. The molecule has 104 valence electrons. The molecule has 0 saturated carbocycles. The van der Waals surface area contributed by atoms with Crippen LogP contribution >= 0.6 is 11.6 Å². The van der Waals surface area contributed by atoms with E-state index in [0.717, 1.165) is 19.4 Å². The third-order valence-electron chi connectivity index (χ3n) is 4.50. The van der Waals surface area contributed by atoms with E-state index >= 15 is 0 Å². The standard InChI is InChI=1S/C17H23ClO/c18-17(10-9-16-6-1-2-11-19-16)15-8-7-13-4-3-5-14(13)12-15/h7-8,12,16-17H,1-6,9-11H2. The van der Waals surface area contributed by atoms with Gasteiger partial charge in [0.05, 0.1) is 11.5 Å². The number of fused-ring (bicyclic) bond motifs is 1. The zero-order chi connectivity index (χ0) is 13.1. The summed E-state index contributed by atoms with van der Waals surface area (Å²) >= 11 is 6.57. The van der Waals surface area contributed by atoms with E-state index in [1.807, 2.05) is 0 Å². The van der Waals surface area contributed by atoms with E-state index in [9.17, 15) is 0 Å². The number of benzene rings is 1. The van der Waals surface area contributed by atoms with E-state index in [4.69, 9.17) is 16.3 Å². The van der Waals surface area contributed by atoms with Gasteiger partial charge in [-0.1, -0.05) is 18.2 Å². The molecule has 2 atom stereocenters. The molecule has 1 aromatic rings. The van der Waals surface area contributed by atoms with Crippen molar-refractivity contribution in [2.24, 2.45) is 0 Å². The van der Waals surface area contributed by atoms with Gasteiger partial charge in [-0.05, 0) is 68.1 Å². The van der Waals surface area contributed by atoms with Gasteiger partial charge in [-0.3, -0.25) is 0 Å². The molecule has 1 aliphatic carbocycles. The van der Waals surface area contributed by atoms with E-state index in [0.29, 0.717) is 6.10 Å². The van der Waals surface area contributed by atoms with Crippen molar-refractivity contribution in [3.8, 4) is 0 Å². The first-order valence-corrected chi connectivity index (χ1v) is 8.14. The SMILES string of the molecule is ClC(CCC1CCCCO1)c1ccc2c(c1)CCC2. The zero-order valence-electron chi connectivity index (χ0n) is 11.5. The smallest absolute Gasteiger partial charge is 0.0586 e. The van der Waals surface area contributed by atoms with Crippen LogP contribution in [-0.2, 0) is 17.6 Å². The molecular weight excluding hydrogens is 256 g/mol. The fraction of sp³-hybridized carbons (Fsp3) is 0.647. The molecule has 0 amide bonds. The molecule has 0 bridgehead atoms. The third-order valence-corrected chi connectivity index (χ3v) is 4.97. The van der Waals surface area contributed by atoms with Crippen LogP contribution in [0.4, 0.5) is 0 Å². The molecule has 19 heavy (non-hydrogen) atoms. The van der Waals surface area contributed by atoms with Crippen molar-refractivity contribution in [2.45, 2.75) is 62.8 Å². The quantitative estimate of drug-likeness (QED) is 0.719. The van der Waals surface area contributed by atoms with Crippen molar-refractivity contribution < 1.29 is 4.74 Å². The maximum atomic E-state index is 6.57. The molecule has 1 fully saturated rings. The molecule has 0 spiro atoms. The predicted molar refractivity (Wildman–Crippen MR) is 79.9 cm³/mol. The van der Waals surface area contributed by atoms with E-state index in [-0.39, 0.29) is 5.38 Å². The van der Waals surface area contributed by atoms with Crippen LogP contribution in [0.2, 0.25) is 0 Å². The van der Waals surface area contributed by atoms with E-state index in [2.05, 4.69) is 18.2 Å². The highest BCUT2D eigenvalue weighted by molar-refractivity contribution is 6.20. The zero-order valence-corrected chi connectivity index (χ0v) is 12.3. The van der Waals surface area contributed by atoms with Crippen LogP contribution in [0.5, 0.6) is 0 Å². The van der Waals surface area contributed by atoms with Crippen LogP contribution in [0, 0.1) is 0 Å². The minimum Gasteiger partial charge on any atom is -0.378 e. The predicted octanol–water partition coefficient (Wildman–Crippen LogP) is 4.80. The summed E-state index contributed by atoms with van der Waals surface area (Å²) in [6.45, 7) is 0.941. The molecule has 0 aromatic heterocycles. The fourth-order valence-electron chi connectivity index (χ4n) is 3.32. The van der Waals surface area contributed by atoms with Gasteiger partial charge in [-0.15, -0.1) is 11.6 Å². The second kappa shape index (κ2) is 6.28. The van der Waals surface area contributed by atoms with Gasteiger partial charge in [0.1, 0.15) is 0 Å². The second-order valence-electron chi connectivity index (χ2n) is 5.92. The van der Waals surface area contributed by atoms with Crippen molar-refractivity contribution in [1.29, 1.82) is 0 Å². The van der Waals surface area contributed by atoms with Gasteiger partial charge in [-0.2, -0.15) is 0 Å². The van der Waals surface area contributed by atoms with Crippen LogP contribution in [0.1, 0.15) is 60.6 Å². The molecule has 1 nitrogen and oxygen atoms in total. The number of hydrogen-bond acceptors (Lipinski definition) is 1. The van der Waals surface area contributed by atoms with E-state index < -0.39 is 0 Å². The Morgan fingerprint density at radius 1 is 1.16 bits per heavy atom. The van der Waals surface area contributed by atoms with E-state index in [1.54, 1.807) is 0 Å². The monoisotopic (exact) mass is 278 g/mol. The van der Waals surface area contributed by atoms with Crippen molar-refractivity contribution in [3.63, 3.8) is 0 Å². The molecule has 2 aliphatic rings. The Kier molecular flexibility index (Phi) is 4.45. The highest BCUT2D eigenvalue weighted by Gasteiger charge is 2.18. The Bertz CT molecular complexity index is 423. The number of ether oxygens (including phenoxy) is 1. The Labute approximate surface area is 121 Å². The van der Waals surface area contributed by atoms with Gasteiger partial charge in [0.15, 0.2) is 0 Å². The molecule has 1 saturated heterocycles. The Balaban J connectivity index is 1.56. The Morgan fingerprint density at radius 3 is 2.89 bits per heavy atom. The summed E-state index contributed by atoms with van der Waals surface area (Å²) in [5, 5.41) is 0.149. The summed E-state index contributed by atoms with van der Waals surface area (Å²) in [5.74, 6) is 0. The van der Waals surface area contributed by atoms with Crippen molar-refractivity contribution in [3.05, 3.63) is 34.9 Å². The van der Waals surface area contributed by atoms with Crippen LogP contribution < -0.4 is 0 Å². The van der Waals surface area contributed by atoms with Crippen molar-refractivity contribution in [1.82, 2.24) is 0 Å². The fourth-order valence-corrected chi connectivity index (χ4v) is 3.58. The highest BCUT2D eigenvalue weighted by Crippen LogP contribution is 2.32. The minimum absolute atomic E-state index is 0.149. The molecule has 2 unspecified atom stereocenters. The molecule has 1 heterocycles. The van der Waals surface area contributed by atoms with Crippen LogP contribution in [0.15, 0.2) is 18.2 Å². The molecular formula is C17H23ClO. The first-order valence-electron chi connectivity index (χ1n) is 7.70. The van der Waals surface area contributed by atoms with Gasteiger partial charge in [0.25, 0.3) is 0 Å². The Morgan fingerprint density at radius 2 is 2.05 bits per heavy atom. The molecule has 0 N–H and O–H groups in total. The van der Waals surface area contributed by atoms with Crippen LogP contribution in [-0.4, -0.2) is 12.7 Å². The number of alkyl halides is 1. The normalized spacial score (nSPS) is 24.2. The number of rotatable bonds is 4. The molecule has 1 aliphatic heterocycles. The maximum Gasteiger partial charge on any atom is 0.0586 e. The molecule has 1 aromatic carbocycles. The molecule has 0 radical (unpaired) electrons. The van der Waals surface area contributed by atoms with Gasteiger partial charge in [0.2, 0.25) is 0 Å². The maximum absolute atomic E-state index is 6.57. The summed E-state index contributed by atoms with van der Waals surface area (Å²) in [5.41, 5.74) is 4.36. The summed E-state index contributed by atoms with van der Waals surface area (Å²) in [4.78, 5) is 0. The number of hydrogen-bond donors (Lipinski definition) is 0. The lowest BCUT2D eigenvalue weighted by atomic mass is 9.98. The summed E-state index contributed by atoms with van der Waals surface area (Å²) in [6.07, 6.45) is 10.1. The third kappa shape index (κ3) is 3.32. The van der Waals surface area contributed by atoms with Crippen LogP contribution in [0.3, 0.4) is 0 Å². The minimum atomic E-state index is 0.149. The summed E-state index contributed by atoms with van der Waals surface area (Å²) in [7, 11) is 0. The average molecular weight is 279 g/mol. The van der Waals surface area contributed by atoms with Gasteiger partial charge in [0, 0.05) is 6.61 Å². The van der Waals surface area contributed by atoms with E-state index in [1.165, 1.54) is 55.2 Å². The lowest BCUT2D eigenvalue weighted by Crippen LogP contribution is -2.19. The van der Waals surface area contributed by atoms with Gasteiger partial charge >= 0.3 is 0 Å². The number of aryl methyl sites for hydroxylation is 2. The van der Waals surface area contributed by atoms with Gasteiger partial charge < -0.3 is 4.74 Å². The Hall–Kier alpha value is -0.530. The van der Waals surface area contributed by atoms with Crippen LogP contribution in [0.25, 0.3) is 0 Å². The first kappa shape index (κ1) is 13.5. The highest BCUT2D eigenvalue weighted by atomic mass is 35.5. The number of halogens is 1. The van der Waals surface area contributed by atoms with Gasteiger partial charge in [-0.25, -0.2) is 0 Å². The molecule has 3 rings (SSSR count). The summed E-state index contributed by atoms with van der Waals surface area (Å²) < 4.78 is 5.78. The first-order chi connectivity index (χ1) is 9.33.